The van der Waals surface area contributed by atoms with Crippen LogP contribution in [0.5, 0.6) is 5.75 Å². The lowest BCUT2D eigenvalue weighted by molar-refractivity contribution is -0.123. The Hall–Kier alpha value is -2.84. The van der Waals surface area contributed by atoms with E-state index in [1.807, 2.05) is 18.2 Å². The number of benzene rings is 2. The molecule has 0 aliphatic carbocycles. The topological polar surface area (TPSA) is 65.4 Å². The van der Waals surface area contributed by atoms with Crippen molar-refractivity contribution in [1.29, 1.82) is 5.26 Å². The van der Waals surface area contributed by atoms with Gasteiger partial charge in [-0.3, -0.25) is 9.69 Å². The smallest absolute Gasteiger partial charge is 0.258 e. The van der Waals surface area contributed by atoms with Gasteiger partial charge in [-0.25, -0.2) is 0 Å². The second-order valence-corrected chi connectivity index (χ2v) is 5.98. The molecule has 0 heterocycles. The van der Waals surface area contributed by atoms with Crippen molar-refractivity contribution in [3.63, 3.8) is 0 Å². The summed E-state index contributed by atoms with van der Waals surface area (Å²) < 4.78 is 5.42. The molecule has 0 spiro atoms. The molecule has 5 heteroatoms. The summed E-state index contributed by atoms with van der Waals surface area (Å²) >= 11 is 0. The predicted octanol–water partition coefficient (Wildman–Crippen LogP) is 3.10. The zero-order valence-electron chi connectivity index (χ0n) is 15.4. The third-order valence-corrected chi connectivity index (χ3v) is 4.17. The van der Waals surface area contributed by atoms with Crippen LogP contribution in [0.3, 0.4) is 0 Å². The van der Waals surface area contributed by atoms with Crippen LogP contribution >= 0.6 is 0 Å². The summed E-state index contributed by atoms with van der Waals surface area (Å²) in [5, 5.41) is 11.6. The Morgan fingerprint density at radius 3 is 2.23 bits per heavy atom. The van der Waals surface area contributed by atoms with Crippen molar-refractivity contribution in [3.05, 3.63) is 65.2 Å². The summed E-state index contributed by atoms with van der Waals surface area (Å²) in [7, 11) is 0. The van der Waals surface area contributed by atoms with E-state index in [1.54, 1.807) is 24.3 Å². The van der Waals surface area contributed by atoms with E-state index in [2.05, 4.69) is 36.2 Å². The molecule has 0 atom stereocenters. The molecule has 5 nitrogen and oxygen atoms in total. The van der Waals surface area contributed by atoms with Gasteiger partial charge in [0, 0.05) is 13.1 Å². The first-order chi connectivity index (χ1) is 12.6. The van der Waals surface area contributed by atoms with E-state index >= 15 is 0 Å². The maximum Gasteiger partial charge on any atom is 0.258 e. The Bertz CT molecular complexity index is 729. The number of nitrogens with zero attached hydrogens (tertiary/aromatic N) is 2. The molecule has 136 valence electrons. The van der Waals surface area contributed by atoms with E-state index in [4.69, 9.17) is 10.00 Å². The second kappa shape index (κ2) is 10.2. The molecule has 0 aliphatic heterocycles. The van der Waals surface area contributed by atoms with Crippen LogP contribution in [0, 0.1) is 11.3 Å². The number of hydrogen-bond acceptors (Lipinski definition) is 4. The molecule has 1 amide bonds. The quantitative estimate of drug-likeness (QED) is 0.754. The van der Waals surface area contributed by atoms with Gasteiger partial charge in [-0.1, -0.05) is 38.1 Å². The lowest BCUT2D eigenvalue weighted by Gasteiger charge is -2.18. The van der Waals surface area contributed by atoms with Gasteiger partial charge in [-0.05, 0) is 48.5 Å². The predicted molar refractivity (Wildman–Crippen MR) is 102 cm³/mol. The van der Waals surface area contributed by atoms with Gasteiger partial charge >= 0.3 is 0 Å². The molecular formula is C21H25N3O2. The number of nitrogens with one attached hydrogen (secondary N) is 1. The fraction of sp³-hybridized carbons (Fsp3) is 0.333. The average molecular weight is 351 g/mol. The Kier molecular flexibility index (Phi) is 7.66. The van der Waals surface area contributed by atoms with Crippen LogP contribution in [0.2, 0.25) is 0 Å². The first-order valence-electron chi connectivity index (χ1n) is 8.84. The Morgan fingerprint density at radius 1 is 1.04 bits per heavy atom. The Labute approximate surface area is 155 Å². The van der Waals surface area contributed by atoms with Crippen molar-refractivity contribution in [2.75, 3.05) is 19.7 Å². The van der Waals surface area contributed by atoms with Crippen LogP contribution in [0.4, 0.5) is 0 Å². The van der Waals surface area contributed by atoms with Crippen LogP contribution in [0.25, 0.3) is 0 Å². The highest BCUT2D eigenvalue weighted by atomic mass is 16.5. The van der Waals surface area contributed by atoms with Crippen LogP contribution < -0.4 is 10.1 Å². The van der Waals surface area contributed by atoms with Crippen LogP contribution in [0.15, 0.2) is 48.5 Å². The first kappa shape index (κ1) is 19.5. The number of nitriles is 1. The molecule has 26 heavy (non-hydrogen) atoms. The number of rotatable bonds is 9. The molecular weight excluding hydrogens is 326 g/mol. The minimum atomic E-state index is -0.179. The van der Waals surface area contributed by atoms with Crippen molar-refractivity contribution in [2.45, 2.75) is 26.9 Å². The lowest BCUT2D eigenvalue weighted by Crippen LogP contribution is -2.28. The molecule has 0 aliphatic rings. The number of carbonyl (C=O) groups is 1. The van der Waals surface area contributed by atoms with Gasteiger partial charge in [0.2, 0.25) is 0 Å². The molecule has 0 radical (unpaired) electrons. The molecule has 0 unspecified atom stereocenters. The van der Waals surface area contributed by atoms with Crippen molar-refractivity contribution in [2.24, 2.45) is 0 Å². The summed E-state index contributed by atoms with van der Waals surface area (Å²) in [6.07, 6.45) is 0. The van der Waals surface area contributed by atoms with E-state index in [1.165, 1.54) is 5.56 Å². The van der Waals surface area contributed by atoms with E-state index < -0.39 is 0 Å². The first-order valence-corrected chi connectivity index (χ1v) is 8.84. The molecule has 2 aromatic carbocycles. The van der Waals surface area contributed by atoms with Crippen molar-refractivity contribution in [1.82, 2.24) is 10.2 Å². The maximum absolute atomic E-state index is 11.9. The average Bonchev–Trinajstić information content (AvgIpc) is 2.70. The monoisotopic (exact) mass is 351 g/mol. The number of carbonyl (C=O) groups excluding carboxylic acids is 1. The third kappa shape index (κ3) is 6.23. The number of hydrogen-bond donors (Lipinski definition) is 1. The number of ether oxygens (including phenoxy) is 1. The summed E-state index contributed by atoms with van der Waals surface area (Å²) in [5.41, 5.74) is 2.89. The summed E-state index contributed by atoms with van der Waals surface area (Å²) in [6, 6.07) is 17.0. The summed E-state index contributed by atoms with van der Waals surface area (Å²) in [5.74, 6) is 0.390. The SMILES string of the molecule is CCN(CC)Cc1ccc(CNC(=O)COc2ccc(C#N)cc2)cc1. The van der Waals surface area contributed by atoms with Crippen molar-refractivity contribution >= 4 is 5.91 Å². The van der Waals surface area contributed by atoms with Gasteiger partial charge in [-0.15, -0.1) is 0 Å². The van der Waals surface area contributed by atoms with E-state index in [0.29, 0.717) is 17.9 Å². The van der Waals surface area contributed by atoms with E-state index in [9.17, 15) is 4.79 Å². The zero-order valence-corrected chi connectivity index (χ0v) is 15.4. The second-order valence-electron chi connectivity index (χ2n) is 5.98. The minimum Gasteiger partial charge on any atom is -0.484 e. The molecule has 0 fully saturated rings. The van der Waals surface area contributed by atoms with E-state index in [-0.39, 0.29) is 12.5 Å². The maximum atomic E-state index is 11.9. The molecule has 2 rings (SSSR count). The van der Waals surface area contributed by atoms with Gasteiger partial charge in [0.25, 0.3) is 5.91 Å². The van der Waals surface area contributed by atoms with Crippen LogP contribution in [0.1, 0.15) is 30.5 Å². The molecule has 0 bridgehead atoms. The van der Waals surface area contributed by atoms with E-state index in [0.717, 1.165) is 25.2 Å². The fourth-order valence-corrected chi connectivity index (χ4v) is 2.49. The van der Waals surface area contributed by atoms with Gasteiger partial charge in [0.15, 0.2) is 6.61 Å². The van der Waals surface area contributed by atoms with Crippen LogP contribution in [-0.4, -0.2) is 30.5 Å². The fourth-order valence-electron chi connectivity index (χ4n) is 2.49. The van der Waals surface area contributed by atoms with Crippen molar-refractivity contribution in [3.8, 4) is 11.8 Å². The molecule has 0 saturated carbocycles. The molecule has 0 saturated heterocycles. The zero-order chi connectivity index (χ0) is 18.8. The number of amides is 1. The van der Waals surface area contributed by atoms with Gasteiger partial charge in [0.1, 0.15) is 5.75 Å². The summed E-state index contributed by atoms with van der Waals surface area (Å²) in [6.45, 7) is 7.76. The largest absolute Gasteiger partial charge is 0.484 e. The summed E-state index contributed by atoms with van der Waals surface area (Å²) in [4.78, 5) is 14.3. The molecule has 2 aromatic rings. The highest BCUT2D eigenvalue weighted by Crippen LogP contribution is 2.11. The van der Waals surface area contributed by atoms with Crippen molar-refractivity contribution < 1.29 is 9.53 Å². The highest BCUT2D eigenvalue weighted by molar-refractivity contribution is 5.77. The lowest BCUT2D eigenvalue weighted by atomic mass is 10.1. The van der Waals surface area contributed by atoms with Gasteiger partial charge in [0.05, 0.1) is 11.6 Å². The van der Waals surface area contributed by atoms with Gasteiger partial charge in [-0.2, -0.15) is 5.26 Å². The Morgan fingerprint density at radius 2 is 1.65 bits per heavy atom. The third-order valence-electron chi connectivity index (χ3n) is 4.17. The van der Waals surface area contributed by atoms with Gasteiger partial charge < -0.3 is 10.1 Å². The molecule has 0 aromatic heterocycles. The Balaban J connectivity index is 1.75. The molecule has 1 N–H and O–H groups in total. The van der Waals surface area contributed by atoms with Crippen LogP contribution in [-0.2, 0) is 17.9 Å². The normalized spacial score (nSPS) is 10.4. The highest BCUT2D eigenvalue weighted by Gasteiger charge is 2.04. The minimum absolute atomic E-state index is 0.0497. The standard InChI is InChI=1S/C21H25N3O2/c1-3-24(4-2)15-19-7-5-18(6-8-19)14-23-21(25)16-26-20-11-9-17(13-22)10-12-20/h5-12H,3-4,14-16H2,1-2H3,(H,23,25).